The van der Waals surface area contributed by atoms with E-state index < -0.39 is 0 Å². The molecule has 1 saturated carbocycles. The molecular weight excluding hydrogens is 310 g/mol. The zero-order valence-corrected chi connectivity index (χ0v) is 14.0. The van der Waals surface area contributed by atoms with Crippen LogP contribution in [0.4, 0.5) is 11.4 Å². The summed E-state index contributed by atoms with van der Waals surface area (Å²) in [5.74, 6) is 1.07. The Bertz CT molecular complexity index is 681. The predicted molar refractivity (Wildman–Crippen MR) is 94.5 cm³/mol. The van der Waals surface area contributed by atoms with Crippen molar-refractivity contribution in [2.24, 2.45) is 4.99 Å². The zero-order chi connectivity index (χ0) is 15.9. The molecule has 0 saturated heterocycles. The second-order valence-corrected chi connectivity index (χ2v) is 7.78. The van der Waals surface area contributed by atoms with Gasteiger partial charge in [0.1, 0.15) is 0 Å². The standard InChI is InChI=1S/C17H21N3O2S/c21-20(22)15-8-7-14(12-5-1-2-6-13(12)15)18-16-19-17(11-23-16)9-3-4-10-17/h7-8H,1-6,9-11H2,(H,18,19). The van der Waals surface area contributed by atoms with Crippen molar-refractivity contribution in [1.29, 1.82) is 0 Å². The lowest BCUT2D eigenvalue weighted by molar-refractivity contribution is -0.385. The van der Waals surface area contributed by atoms with E-state index in [-0.39, 0.29) is 16.1 Å². The van der Waals surface area contributed by atoms with Crippen molar-refractivity contribution in [3.63, 3.8) is 0 Å². The number of thioether (sulfide) groups is 1. The summed E-state index contributed by atoms with van der Waals surface area (Å²) in [6.45, 7) is 0. The summed E-state index contributed by atoms with van der Waals surface area (Å²) in [5.41, 5.74) is 3.50. The van der Waals surface area contributed by atoms with Gasteiger partial charge in [0.15, 0.2) is 5.17 Å². The van der Waals surface area contributed by atoms with E-state index in [2.05, 4.69) is 5.32 Å². The number of nitrogens with one attached hydrogen (secondary N) is 1. The Morgan fingerprint density at radius 1 is 1.13 bits per heavy atom. The Kier molecular flexibility index (Phi) is 3.79. The first-order valence-electron chi connectivity index (χ1n) is 8.46. The van der Waals surface area contributed by atoms with Crippen LogP contribution in [0.15, 0.2) is 17.1 Å². The van der Waals surface area contributed by atoms with Crippen molar-refractivity contribution < 1.29 is 4.92 Å². The number of amidine groups is 1. The minimum Gasteiger partial charge on any atom is -0.335 e. The lowest BCUT2D eigenvalue weighted by Crippen LogP contribution is -2.21. The zero-order valence-electron chi connectivity index (χ0n) is 13.1. The summed E-state index contributed by atoms with van der Waals surface area (Å²) in [6, 6.07) is 3.52. The molecule has 0 aromatic heterocycles. The molecule has 3 aliphatic rings. The molecule has 1 aromatic rings. The summed E-state index contributed by atoms with van der Waals surface area (Å²) in [6.07, 6.45) is 8.83. The molecule has 0 amide bonds. The molecule has 0 atom stereocenters. The normalized spacial score (nSPS) is 22.0. The second kappa shape index (κ2) is 5.82. The lowest BCUT2D eigenvalue weighted by atomic mass is 9.89. The van der Waals surface area contributed by atoms with Gasteiger partial charge in [-0.1, -0.05) is 24.6 Å². The van der Waals surface area contributed by atoms with Gasteiger partial charge in [0.05, 0.1) is 10.5 Å². The molecule has 1 fully saturated rings. The van der Waals surface area contributed by atoms with Crippen molar-refractivity contribution >= 4 is 28.3 Å². The Labute approximate surface area is 140 Å². The van der Waals surface area contributed by atoms with Crippen LogP contribution in [-0.2, 0) is 12.8 Å². The summed E-state index contributed by atoms with van der Waals surface area (Å²) in [4.78, 5) is 16.0. The Morgan fingerprint density at radius 3 is 2.61 bits per heavy atom. The van der Waals surface area contributed by atoms with Gasteiger partial charge in [-0.2, -0.15) is 0 Å². The highest BCUT2D eigenvalue weighted by atomic mass is 32.2. The fraction of sp³-hybridized carbons (Fsp3) is 0.588. The van der Waals surface area contributed by atoms with Crippen LogP contribution in [0.1, 0.15) is 49.7 Å². The minimum absolute atomic E-state index is 0.161. The average Bonchev–Trinajstić information content (AvgIpc) is 3.17. The van der Waals surface area contributed by atoms with Gasteiger partial charge >= 0.3 is 0 Å². The number of nitro groups is 1. The van der Waals surface area contributed by atoms with Crippen molar-refractivity contribution in [3.8, 4) is 0 Å². The van der Waals surface area contributed by atoms with Gasteiger partial charge < -0.3 is 5.32 Å². The molecule has 1 aliphatic heterocycles. The summed E-state index contributed by atoms with van der Waals surface area (Å²) >= 11 is 1.80. The number of nitrogens with zero attached hydrogens (tertiary/aromatic N) is 2. The first-order chi connectivity index (χ1) is 11.2. The van der Waals surface area contributed by atoms with Crippen molar-refractivity contribution in [2.45, 2.75) is 56.9 Å². The van der Waals surface area contributed by atoms with Crippen LogP contribution in [0.2, 0.25) is 0 Å². The molecule has 1 N–H and O–H groups in total. The van der Waals surface area contributed by atoms with Gasteiger partial charge in [-0.25, -0.2) is 0 Å². The van der Waals surface area contributed by atoms with Crippen molar-refractivity contribution in [2.75, 3.05) is 11.1 Å². The van der Waals surface area contributed by atoms with Gasteiger partial charge in [0.2, 0.25) is 0 Å². The summed E-state index contributed by atoms with van der Waals surface area (Å²) in [7, 11) is 0. The third kappa shape index (κ3) is 2.73. The number of benzene rings is 1. The Morgan fingerprint density at radius 2 is 1.87 bits per heavy atom. The van der Waals surface area contributed by atoms with Crippen molar-refractivity contribution in [1.82, 2.24) is 0 Å². The highest BCUT2D eigenvalue weighted by molar-refractivity contribution is 8.14. The molecule has 0 bridgehead atoms. The van der Waals surface area contributed by atoms with Crippen LogP contribution in [0.5, 0.6) is 0 Å². The number of rotatable bonds is 2. The fourth-order valence-electron chi connectivity index (χ4n) is 4.09. The maximum atomic E-state index is 11.3. The van der Waals surface area contributed by atoms with E-state index in [1.54, 1.807) is 17.8 Å². The van der Waals surface area contributed by atoms with Crippen molar-refractivity contribution in [3.05, 3.63) is 33.4 Å². The lowest BCUT2D eigenvalue weighted by Gasteiger charge is -2.20. The highest BCUT2D eigenvalue weighted by Crippen LogP contribution is 2.42. The Balaban J connectivity index is 1.64. The topological polar surface area (TPSA) is 67.5 Å². The molecule has 0 unspecified atom stereocenters. The molecule has 23 heavy (non-hydrogen) atoms. The van der Waals surface area contributed by atoms with E-state index in [9.17, 15) is 10.1 Å². The molecule has 6 heteroatoms. The van der Waals surface area contributed by atoms with Crippen LogP contribution < -0.4 is 5.32 Å². The number of fused-ring (bicyclic) bond motifs is 1. The van der Waals surface area contributed by atoms with Crippen LogP contribution in [0, 0.1) is 10.1 Å². The Hall–Kier alpha value is -1.56. The third-order valence-corrected chi connectivity index (χ3v) is 6.45. The molecule has 122 valence electrons. The first-order valence-corrected chi connectivity index (χ1v) is 9.44. The minimum atomic E-state index is -0.247. The number of hydrogen-bond acceptors (Lipinski definition) is 5. The monoisotopic (exact) mass is 331 g/mol. The maximum absolute atomic E-state index is 11.3. The highest BCUT2D eigenvalue weighted by Gasteiger charge is 2.38. The fourth-order valence-corrected chi connectivity index (χ4v) is 5.29. The average molecular weight is 331 g/mol. The molecule has 1 aromatic carbocycles. The van der Waals surface area contributed by atoms with E-state index >= 15 is 0 Å². The molecule has 1 heterocycles. The summed E-state index contributed by atoms with van der Waals surface area (Å²) < 4.78 is 0. The predicted octanol–water partition coefficient (Wildman–Crippen LogP) is 4.30. The smallest absolute Gasteiger partial charge is 0.273 e. The van der Waals surface area contributed by atoms with E-state index in [1.165, 1.54) is 25.7 Å². The quantitative estimate of drug-likeness (QED) is 0.648. The van der Waals surface area contributed by atoms with Crippen LogP contribution >= 0.6 is 11.8 Å². The van der Waals surface area contributed by atoms with E-state index in [4.69, 9.17) is 4.99 Å². The van der Waals surface area contributed by atoms with Gasteiger partial charge in [-0.3, -0.25) is 15.1 Å². The van der Waals surface area contributed by atoms with Gasteiger partial charge in [0, 0.05) is 23.1 Å². The van der Waals surface area contributed by atoms with Crippen LogP contribution in [-0.4, -0.2) is 21.4 Å². The number of aliphatic imine (C=N–C) groups is 1. The van der Waals surface area contributed by atoms with Gasteiger partial charge in [-0.15, -0.1) is 0 Å². The molecule has 1 spiro atoms. The molecule has 5 nitrogen and oxygen atoms in total. The molecular formula is C17H21N3O2S. The van der Waals surface area contributed by atoms with Crippen LogP contribution in [0.25, 0.3) is 0 Å². The second-order valence-electron chi connectivity index (χ2n) is 6.82. The van der Waals surface area contributed by atoms with E-state index in [0.717, 1.165) is 53.4 Å². The van der Waals surface area contributed by atoms with E-state index in [0.29, 0.717) is 0 Å². The molecule has 2 aliphatic carbocycles. The first kappa shape index (κ1) is 15.0. The third-order valence-electron chi connectivity index (χ3n) is 5.30. The molecule has 4 rings (SSSR count). The van der Waals surface area contributed by atoms with E-state index in [1.807, 2.05) is 6.07 Å². The van der Waals surface area contributed by atoms with Gasteiger partial charge in [0.25, 0.3) is 5.69 Å². The SMILES string of the molecule is O=[N+]([O-])c1ccc(NC2=NC3(CCCC3)CS2)c2c1CCCC2. The summed E-state index contributed by atoms with van der Waals surface area (Å²) in [5, 5.41) is 15.7. The maximum Gasteiger partial charge on any atom is 0.273 e. The number of nitro benzene ring substituents is 1. The number of hydrogen-bond donors (Lipinski definition) is 1. The van der Waals surface area contributed by atoms with Crippen LogP contribution in [0.3, 0.4) is 0 Å². The number of anilines is 1. The van der Waals surface area contributed by atoms with Gasteiger partial charge in [-0.05, 0) is 50.2 Å². The largest absolute Gasteiger partial charge is 0.335 e. The molecule has 0 radical (unpaired) electrons.